The molecule has 1 saturated heterocycles. The molecule has 2 aromatic rings. The molecule has 4 rings (SSSR count). The number of anilines is 1. The molecule has 8 heteroatoms. The van der Waals surface area contributed by atoms with Crippen LogP contribution in [0, 0.1) is 6.92 Å². The number of hydrogen-bond acceptors (Lipinski definition) is 4. The predicted molar refractivity (Wildman–Crippen MR) is 107 cm³/mol. The zero-order valence-electron chi connectivity index (χ0n) is 16.8. The van der Waals surface area contributed by atoms with Gasteiger partial charge in [0.2, 0.25) is 0 Å². The fourth-order valence-electron chi connectivity index (χ4n) is 3.78. The smallest absolute Gasteiger partial charge is 0.378 e. The molecular formula is C22H24F3N3O2. The Labute approximate surface area is 173 Å². The summed E-state index contributed by atoms with van der Waals surface area (Å²) in [6, 6.07) is 6.41. The second-order valence-corrected chi connectivity index (χ2v) is 7.82. The van der Waals surface area contributed by atoms with Gasteiger partial charge in [0.15, 0.2) is 0 Å². The van der Waals surface area contributed by atoms with Gasteiger partial charge in [-0.15, -0.1) is 0 Å². The molecule has 1 saturated carbocycles. The minimum absolute atomic E-state index is 0.0751. The van der Waals surface area contributed by atoms with Crippen LogP contribution in [0.2, 0.25) is 0 Å². The van der Waals surface area contributed by atoms with E-state index in [2.05, 4.69) is 21.3 Å². The molecule has 2 aliphatic rings. The van der Waals surface area contributed by atoms with Crippen LogP contribution in [-0.2, 0) is 17.5 Å². The van der Waals surface area contributed by atoms with Crippen LogP contribution in [0.5, 0.6) is 0 Å². The average Bonchev–Trinajstić information content (AvgIpc) is 3.57. The van der Waals surface area contributed by atoms with Crippen molar-refractivity contribution in [3.8, 4) is 0 Å². The van der Waals surface area contributed by atoms with Gasteiger partial charge in [0.1, 0.15) is 0 Å². The molecule has 1 aliphatic heterocycles. The van der Waals surface area contributed by atoms with E-state index in [1.54, 1.807) is 0 Å². The first-order chi connectivity index (χ1) is 14.3. The van der Waals surface area contributed by atoms with Crippen molar-refractivity contribution in [2.75, 3.05) is 31.2 Å². The number of amides is 1. The van der Waals surface area contributed by atoms with Crippen molar-refractivity contribution >= 4 is 11.6 Å². The summed E-state index contributed by atoms with van der Waals surface area (Å²) in [7, 11) is 0. The van der Waals surface area contributed by atoms with Crippen LogP contribution in [0.3, 0.4) is 0 Å². The molecule has 1 N–H and O–H groups in total. The van der Waals surface area contributed by atoms with E-state index in [9.17, 15) is 18.0 Å². The second-order valence-electron chi connectivity index (χ2n) is 7.82. The average molecular weight is 419 g/mol. The largest absolute Gasteiger partial charge is 0.417 e. The molecule has 0 bridgehead atoms. The van der Waals surface area contributed by atoms with E-state index in [1.165, 1.54) is 6.07 Å². The lowest BCUT2D eigenvalue weighted by Gasteiger charge is -2.30. The monoisotopic (exact) mass is 419 g/mol. The summed E-state index contributed by atoms with van der Waals surface area (Å²) in [5, 5.41) is 2.82. The highest BCUT2D eigenvalue weighted by Gasteiger charge is 2.31. The Balaban J connectivity index is 1.50. The number of aromatic nitrogens is 1. The molecule has 160 valence electrons. The number of morpholine rings is 1. The topological polar surface area (TPSA) is 54.5 Å². The third-order valence-electron chi connectivity index (χ3n) is 5.55. The van der Waals surface area contributed by atoms with E-state index in [4.69, 9.17) is 4.74 Å². The van der Waals surface area contributed by atoms with Crippen LogP contribution in [0.4, 0.5) is 18.9 Å². The summed E-state index contributed by atoms with van der Waals surface area (Å²) in [5.41, 5.74) is 3.31. The van der Waals surface area contributed by atoms with E-state index in [1.807, 2.05) is 13.0 Å². The van der Waals surface area contributed by atoms with Crippen molar-refractivity contribution in [2.45, 2.75) is 38.4 Å². The van der Waals surface area contributed by atoms with Crippen LogP contribution in [0.1, 0.15) is 51.5 Å². The van der Waals surface area contributed by atoms with Gasteiger partial charge in [0, 0.05) is 30.5 Å². The number of aryl methyl sites for hydroxylation is 1. The van der Waals surface area contributed by atoms with Gasteiger partial charge in [0.25, 0.3) is 5.91 Å². The van der Waals surface area contributed by atoms with Gasteiger partial charge in [-0.2, -0.15) is 13.2 Å². The number of pyridine rings is 1. The predicted octanol–water partition coefficient (Wildman–Crippen LogP) is 4.05. The van der Waals surface area contributed by atoms with Gasteiger partial charge in [-0.3, -0.25) is 9.78 Å². The van der Waals surface area contributed by atoms with E-state index >= 15 is 0 Å². The van der Waals surface area contributed by atoms with Crippen LogP contribution < -0.4 is 10.2 Å². The van der Waals surface area contributed by atoms with Crippen molar-refractivity contribution in [1.29, 1.82) is 0 Å². The Morgan fingerprint density at radius 2 is 1.97 bits per heavy atom. The number of ether oxygens (including phenoxy) is 1. The zero-order valence-corrected chi connectivity index (χ0v) is 16.8. The van der Waals surface area contributed by atoms with E-state index in [-0.39, 0.29) is 12.5 Å². The summed E-state index contributed by atoms with van der Waals surface area (Å²) in [4.78, 5) is 19.1. The molecule has 2 fully saturated rings. The highest BCUT2D eigenvalue weighted by molar-refractivity contribution is 5.98. The number of nitrogens with zero attached hydrogens (tertiary/aromatic N) is 2. The van der Waals surface area contributed by atoms with Crippen molar-refractivity contribution in [3.05, 3.63) is 58.4 Å². The first kappa shape index (κ1) is 20.7. The number of hydrogen-bond donors (Lipinski definition) is 1. The number of rotatable bonds is 5. The summed E-state index contributed by atoms with van der Waals surface area (Å²) in [6.45, 7) is 5.05. The van der Waals surface area contributed by atoms with Crippen molar-refractivity contribution in [2.24, 2.45) is 0 Å². The maximum absolute atomic E-state index is 13.0. The quantitative estimate of drug-likeness (QED) is 0.795. The number of alkyl halides is 3. The highest BCUT2D eigenvalue weighted by Crippen LogP contribution is 2.44. The molecule has 0 unspecified atom stereocenters. The Morgan fingerprint density at radius 3 is 2.57 bits per heavy atom. The van der Waals surface area contributed by atoms with Gasteiger partial charge in [0.05, 0.1) is 31.0 Å². The van der Waals surface area contributed by atoms with E-state index < -0.39 is 11.7 Å². The number of carbonyl (C=O) groups excluding carboxylic acids is 1. The molecule has 1 aliphatic carbocycles. The minimum atomic E-state index is -4.42. The number of benzene rings is 1. The lowest BCUT2D eigenvalue weighted by Crippen LogP contribution is -2.36. The number of carbonyl (C=O) groups is 1. The Bertz CT molecular complexity index is 918. The molecule has 1 aromatic carbocycles. The normalized spacial score (nSPS) is 17.1. The molecule has 0 spiro atoms. The Morgan fingerprint density at radius 1 is 1.23 bits per heavy atom. The molecule has 2 heterocycles. The summed E-state index contributed by atoms with van der Waals surface area (Å²) >= 11 is 0. The first-order valence-corrected chi connectivity index (χ1v) is 10.1. The van der Waals surface area contributed by atoms with Crippen molar-refractivity contribution < 1.29 is 22.7 Å². The second kappa shape index (κ2) is 8.26. The lowest BCUT2D eigenvalue weighted by atomic mass is 9.96. The Kier molecular flexibility index (Phi) is 5.69. The van der Waals surface area contributed by atoms with Crippen molar-refractivity contribution in [3.63, 3.8) is 0 Å². The fraction of sp³-hybridized carbons (Fsp3) is 0.455. The fourth-order valence-corrected chi connectivity index (χ4v) is 3.78. The molecular weight excluding hydrogens is 395 g/mol. The number of nitrogens with one attached hydrogen (secondary N) is 1. The molecule has 0 atom stereocenters. The van der Waals surface area contributed by atoms with Crippen molar-refractivity contribution in [1.82, 2.24) is 10.3 Å². The highest BCUT2D eigenvalue weighted by atomic mass is 19.4. The minimum Gasteiger partial charge on any atom is -0.378 e. The van der Waals surface area contributed by atoms with Gasteiger partial charge in [-0.05, 0) is 61.1 Å². The number of halogens is 3. The van der Waals surface area contributed by atoms with Crippen LogP contribution in [0.15, 0.2) is 30.5 Å². The summed E-state index contributed by atoms with van der Waals surface area (Å²) in [6.07, 6.45) is -1.51. The standard InChI is InChI=1S/C22H24F3N3O2/c1-14-10-18(28-6-8-30-9-7-28)11-19(15-2-3-15)20(14)21(29)27-13-17-5-4-16(12-26-17)22(23,24)25/h4-5,10-12,15H,2-3,6-9,13H2,1H3,(H,27,29). The molecule has 30 heavy (non-hydrogen) atoms. The van der Waals surface area contributed by atoms with Gasteiger partial charge >= 0.3 is 6.18 Å². The molecule has 1 amide bonds. The SMILES string of the molecule is Cc1cc(N2CCOCC2)cc(C2CC2)c1C(=O)NCc1ccc(C(F)(F)F)cn1. The van der Waals surface area contributed by atoms with Crippen LogP contribution in [-0.4, -0.2) is 37.2 Å². The third-order valence-corrected chi connectivity index (χ3v) is 5.55. The van der Waals surface area contributed by atoms with Crippen LogP contribution in [0.25, 0.3) is 0 Å². The third kappa shape index (κ3) is 4.59. The van der Waals surface area contributed by atoms with Crippen LogP contribution >= 0.6 is 0 Å². The zero-order chi connectivity index (χ0) is 21.3. The lowest BCUT2D eigenvalue weighted by molar-refractivity contribution is -0.137. The molecule has 1 aromatic heterocycles. The summed E-state index contributed by atoms with van der Waals surface area (Å²) in [5.74, 6) is 0.166. The van der Waals surface area contributed by atoms with Gasteiger partial charge < -0.3 is 15.0 Å². The maximum Gasteiger partial charge on any atom is 0.417 e. The first-order valence-electron chi connectivity index (χ1n) is 10.1. The van der Waals surface area contributed by atoms with E-state index in [0.29, 0.717) is 30.4 Å². The summed E-state index contributed by atoms with van der Waals surface area (Å²) < 4.78 is 43.4. The molecule has 5 nitrogen and oxygen atoms in total. The maximum atomic E-state index is 13.0. The Hall–Kier alpha value is -2.61. The van der Waals surface area contributed by atoms with Gasteiger partial charge in [-0.1, -0.05) is 0 Å². The van der Waals surface area contributed by atoms with E-state index in [0.717, 1.165) is 55.0 Å². The molecule has 0 radical (unpaired) electrons. The van der Waals surface area contributed by atoms with Gasteiger partial charge in [-0.25, -0.2) is 0 Å².